The summed E-state index contributed by atoms with van der Waals surface area (Å²) in [6, 6.07) is 52.7. The summed E-state index contributed by atoms with van der Waals surface area (Å²) < 4.78 is 0. The summed E-state index contributed by atoms with van der Waals surface area (Å²) in [4.78, 5) is 12.4. The zero-order valence-electron chi connectivity index (χ0n) is 34.2. The van der Waals surface area contributed by atoms with Crippen LogP contribution in [-0.4, -0.2) is 21.1 Å². The smallest absolute Gasteiger partial charge is 0.131 e. The van der Waals surface area contributed by atoms with Crippen LogP contribution in [0, 0.1) is 6.07 Å². The molecule has 0 fully saturated rings. The number of phenolic OH excluding ortho intramolecular Hbond substituents is 1. The molecule has 5 aromatic carbocycles. The van der Waals surface area contributed by atoms with Crippen LogP contribution < -0.4 is 4.90 Å². The molecule has 0 aliphatic rings. The van der Waals surface area contributed by atoms with Gasteiger partial charge in [-0.3, -0.25) is 4.98 Å². The van der Waals surface area contributed by atoms with E-state index in [9.17, 15) is 5.11 Å². The third-order valence-electron chi connectivity index (χ3n) is 10.3. The van der Waals surface area contributed by atoms with Crippen LogP contribution in [0.3, 0.4) is 0 Å². The van der Waals surface area contributed by atoms with Gasteiger partial charge in [-0.15, -0.1) is 23.8 Å². The molecule has 57 heavy (non-hydrogen) atoms. The van der Waals surface area contributed by atoms with E-state index in [4.69, 9.17) is 9.97 Å². The normalized spacial score (nSPS) is 11.7. The average molecular weight is 930 g/mol. The van der Waals surface area contributed by atoms with Crippen LogP contribution in [0.1, 0.15) is 77.6 Å². The van der Waals surface area contributed by atoms with Crippen LogP contribution in [0.4, 0.5) is 11.5 Å². The molecule has 0 amide bonds. The summed E-state index contributed by atoms with van der Waals surface area (Å²) in [5.74, 6) is 1.12. The number of aromatic hydroxyl groups is 1. The van der Waals surface area contributed by atoms with Gasteiger partial charge in [0.25, 0.3) is 0 Å². The summed E-state index contributed by atoms with van der Waals surface area (Å²) in [7, 11) is 0. The first-order valence-corrected chi connectivity index (χ1v) is 19.6. The van der Waals surface area contributed by atoms with Gasteiger partial charge in [0.2, 0.25) is 0 Å². The molecule has 0 bridgehead atoms. The summed E-state index contributed by atoms with van der Waals surface area (Å²) in [5, 5.41) is 12.0. The van der Waals surface area contributed by atoms with Gasteiger partial charge in [-0.05, 0) is 100 Å². The van der Waals surface area contributed by atoms with Crippen LogP contribution in [-0.2, 0) is 38.3 Å². The van der Waals surface area contributed by atoms with Crippen molar-refractivity contribution in [2.24, 2.45) is 0 Å². The van der Waals surface area contributed by atoms with Crippen molar-refractivity contribution in [1.82, 2.24) is 9.97 Å². The minimum atomic E-state index is -0.278. The van der Waals surface area contributed by atoms with Gasteiger partial charge in [0.15, 0.2) is 0 Å². The fourth-order valence-electron chi connectivity index (χ4n) is 7.24. The van der Waals surface area contributed by atoms with Crippen LogP contribution in [0.15, 0.2) is 146 Å². The number of nitrogens with zero attached hydrogens (tertiary/aromatic N) is 3. The molecule has 0 aliphatic carbocycles. The van der Waals surface area contributed by atoms with Gasteiger partial charge in [-0.25, -0.2) is 4.98 Å². The zero-order valence-corrected chi connectivity index (χ0v) is 36.5. The van der Waals surface area contributed by atoms with Crippen LogP contribution in [0.2, 0.25) is 0 Å². The third kappa shape index (κ3) is 9.46. The first kappa shape index (κ1) is 41.3. The Hall–Kier alpha value is -5.31. The van der Waals surface area contributed by atoms with E-state index in [-0.39, 0.29) is 43.7 Å². The van der Waals surface area contributed by atoms with Crippen molar-refractivity contribution in [2.75, 3.05) is 4.90 Å². The molecular weight excluding hydrogens is 878 g/mol. The molecule has 0 atom stereocenters. The molecule has 2 aromatic heterocycles. The molecular formula is C52H52N3OPt-. The summed E-state index contributed by atoms with van der Waals surface area (Å²) in [5.41, 5.74) is 12.4. The predicted molar refractivity (Wildman–Crippen MR) is 235 cm³/mol. The second kappa shape index (κ2) is 17.0. The topological polar surface area (TPSA) is 49.2 Å². The molecule has 1 N–H and O–H groups in total. The number of hydrogen-bond donors (Lipinski definition) is 1. The van der Waals surface area contributed by atoms with Crippen molar-refractivity contribution in [1.29, 1.82) is 0 Å². The monoisotopic (exact) mass is 929 g/mol. The Balaban J connectivity index is 0.00000549. The van der Waals surface area contributed by atoms with Gasteiger partial charge >= 0.3 is 0 Å². The van der Waals surface area contributed by atoms with Crippen molar-refractivity contribution >= 4 is 11.5 Å². The molecule has 0 spiro atoms. The average Bonchev–Trinajstić information content (AvgIpc) is 3.18. The Morgan fingerprint density at radius 2 is 1.21 bits per heavy atom. The molecule has 0 unspecified atom stereocenters. The van der Waals surface area contributed by atoms with Crippen molar-refractivity contribution in [2.45, 2.75) is 78.7 Å². The molecule has 0 saturated heterocycles. The van der Waals surface area contributed by atoms with E-state index < -0.39 is 0 Å². The zero-order chi connectivity index (χ0) is 39.6. The maximum Gasteiger partial charge on any atom is 0.131 e. The molecule has 0 aliphatic heterocycles. The molecule has 2 heterocycles. The van der Waals surface area contributed by atoms with Crippen molar-refractivity contribution < 1.29 is 26.2 Å². The van der Waals surface area contributed by atoms with Crippen LogP contribution in [0.5, 0.6) is 5.75 Å². The van der Waals surface area contributed by atoms with E-state index in [2.05, 4.69) is 182 Å². The molecule has 7 rings (SSSR count). The van der Waals surface area contributed by atoms with E-state index in [1.54, 1.807) is 0 Å². The first-order valence-electron chi connectivity index (χ1n) is 19.6. The Morgan fingerprint density at radius 1 is 0.614 bits per heavy atom. The minimum absolute atomic E-state index is 0. The first-order chi connectivity index (χ1) is 26.7. The maximum absolute atomic E-state index is 12.0. The molecule has 0 radical (unpaired) electrons. The molecule has 0 saturated carbocycles. The number of anilines is 2. The molecule has 292 valence electrons. The third-order valence-corrected chi connectivity index (χ3v) is 10.3. The van der Waals surface area contributed by atoms with Gasteiger partial charge in [0.1, 0.15) is 11.6 Å². The Morgan fingerprint density at radius 3 is 1.82 bits per heavy atom. The van der Waals surface area contributed by atoms with Gasteiger partial charge in [0, 0.05) is 44.4 Å². The van der Waals surface area contributed by atoms with E-state index >= 15 is 0 Å². The van der Waals surface area contributed by atoms with Gasteiger partial charge in [-0.1, -0.05) is 150 Å². The Bertz CT molecular complexity index is 2430. The van der Waals surface area contributed by atoms with E-state index in [0.29, 0.717) is 5.69 Å². The largest absolute Gasteiger partial charge is 0.507 e. The van der Waals surface area contributed by atoms with Crippen LogP contribution in [0.25, 0.3) is 44.8 Å². The second-order valence-electron chi connectivity index (χ2n) is 17.1. The second-order valence-corrected chi connectivity index (χ2v) is 17.1. The molecule has 5 heteroatoms. The Kier molecular flexibility index (Phi) is 12.4. The quantitative estimate of drug-likeness (QED) is 0.147. The minimum Gasteiger partial charge on any atom is -0.507 e. The van der Waals surface area contributed by atoms with Gasteiger partial charge in [-0.2, -0.15) is 0 Å². The predicted octanol–water partition coefficient (Wildman–Crippen LogP) is 13.4. The van der Waals surface area contributed by atoms with E-state index in [1.165, 1.54) is 11.1 Å². The number of phenols is 1. The summed E-state index contributed by atoms with van der Waals surface area (Å²) in [6.07, 6.45) is 2.71. The Labute approximate surface area is 354 Å². The van der Waals surface area contributed by atoms with E-state index in [0.717, 1.165) is 68.1 Å². The maximum atomic E-state index is 12.0. The fraction of sp³-hybridized carbons (Fsp3) is 0.231. The summed E-state index contributed by atoms with van der Waals surface area (Å²) in [6.45, 7) is 17.4. The van der Waals surface area contributed by atoms with E-state index in [1.807, 2.05) is 30.5 Å². The van der Waals surface area contributed by atoms with Crippen molar-refractivity contribution in [3.05, 3.63) is 174 Å². The van der Waals surface area contributed by atoms with Gasteiger partial charge in [0.05, 0.1) is 5.69 Å². The van der Waals surface area contributed by atoms with Crippen molar-refractivity contribution in [3.63, 3.8) is 0 Å². The number of hydrogen-bond acceptors (Lipinski definition) is 4. The van der Waals surface area contributed by atoms with Crippen molar-refractivity contribution in [3.8, 4) is 50.5 Å². The van der Waals surface area contributed by atoms with Crippen LogP contribution >= 0.6 is 0 Å². The molecule has 4 nitrogen and oxygen atoms in total. The standard InChI is InChI=1S/C52H52N3O.Pt/c1-35(2)55(49-21-15-16-26-53-49)44-29-40(39-24-22-37(23-25-39)27-36-17-11-9-12-18-36)28-42(30-44)47-31-41(38-19-13-10-14-20-38)32-48(54-47)45-33-43(51(3,4)5)34-46(50(45)56)52(6,7)8;/h9-26,28-29,31-35,56H,27H2,1-8H3;/q-1;. The number of pyridine rings is 2. The molecule has 7 aromatic rings. The number of benzene rings is 5. The SMILES string of the molecule is CC(C)N(c1[c-]c(-c2cc(-c3ccccc3)cc(-c3cc(C(C)(C)C)cc(C(C)(C)C)c3O)n2)cc(-c2ccc(Cc3ccccc3)cc2)c1)c1ccccn1.[Pt]. The number of rotatable bonds is 9. The van der Waals surface area contributed by atoms with Gasteiger partial charge < -0.3 is 10.0 Å². The fourth-order valence-corrected chi connectivity index (χ4v) is 7.24. The summed E-state index contributed by atoms with van der Waals surface area (Å²) >= 11 is 0. The number of aromatic nitrogens is 2.